The maximum atomic E-state index is 14.3. The van der Waals surface area contributed by atoms with Crippen molar-refractivity contribution in [3.63, 3.8) is 0 Å². The molecule has 1 unspecified atom stereocenters. The summed E-state index contributed by atoms with van der Waals surface area (Å²) in [5, 5.41) is 2.96. The molecular formula is C33H43N3O5S2. The minimum Gasteiger partial charge on any atom is -0.492 e. The van der Waals surface area contributed by atoms with Crippen LogP contribution in [0.1, 0.15) is 51.2 Å². The first-order chi connectivity index (χ1) is 20.7. The van der Waals surface area contributed by atoms with Crippen LogP contribution < -0.4 is 14.4 Å². The number of sulfonamides is 1. The molecule has 3 aromatic carbocycles. The maximum absolute atomic E-state index is 14.3. The third kappa shape index (κ3) is 9.00. The van der Waals surface area contributed by atoms with E-state index in [0.717, 1.165) is 33.2 Å². The van der Waals surface area contributed by atoms with Crippen molar-refractivity contribution in [1.82, 2.24) is 10.2 Å². The van der Waals surface area contributed by atoms with E-state index in [9.17, 15) is 18.0 Å². The fraction of sp³-hybridized carbons (Fsp3) is 0.394. The van der Waals surface area contributed by atoms with E-state index in [-0.39, 0.29) is 23.0 Å². The molecule has 3 aromatic rings. The number of ether oxygens (including phenoxy) is 1. The van der Waals surface area contributed by atoms with Crippen LogP contribution in [-0.2, 0) is 26.2 Å². The van der Waals surface area contributed by atoms with E-state index in [2.05, 4.69) is 5.32 Å². The molecule has 0 spiro atoms. The van der Waals surface area contributed by atoms with Gasteiger partial charge in [0.15, 0.2) is 0 Å². The summed E-state index contributed by atoms with van der Waals surface area (Å²) in [6.45, 7) is 8.14. The molecule has 0 aliphatic carbocycles. The van der Waals surface area contributed by atoms with E-state index >= 15 is 0 Å². The lowest BCUT2D eigenvalue weighted by Gasteiger charge is -2.33. The van der Waals surface area contributed by atoms with Crippen molar-refractivity contribution in [2.45, 2.75) is 69.3 Å². The fourth-order valence-corrected chi connectivity index (χ4v) is 6.59. The zero-order valence-corrected chi connectivity index (χ0v) is 27.3. The fourth-order valence-electron chi connectivity index (χ4n) is 4.76. The van der Waals surface area contributed by atoms with Crippen molar-refractivity contribution >= 4 is 39.3 Å². The summed E-state index contributed by atoms with van der Waals surface area (Å²) >= 11 is 1.51. The highest BCUT2D eigenvalue weighted by atomic mass is 32.2. The Kier molecular flexibility index (Phi) is 12.9. The summed E-state index contributed by atoms with van der Waals surface area (Å²) in [6.07, 6.45) is 4.03. The van der Waals surface area contributed by atoms with Crippen molar-refractivity contribution in [2.75, 3.05) is 30.3 Å². The van der Waals surface area contributed by atoms with Crippen LogP contribution in [0.3, 0.4) is 0 Å². The van der Waals surface area contributed by atoms with Crippen molar-refractivity contribution < 1.29 is 22.7 Å². The third-order valence-corrected chi connectivity index (χ3v) is 9.53. The first-order valence-corrected chi connectivity index (χ1v) is 17.3. The summed E-state index contributed by atoms with van der Waals surface area (Å²) in [5.41, 5.74) is 2.13. The van der Waals surface area contributed by atoms with E-state index < -0.39 is 28.5 Å². The number of benzene rings is 3. The second-order valence-corrected chi connectivity index (χ2v) is 12.9. The summed E-state index contributed by atoms with van der Waals surface area (Å²) < 4.78 is 35.3. The van der Waals surface area contributed by atoms with Crippen LogP contribution in [0.4, 0.5) is 5.69 Å². The van der Waals surface area contributed by atoms with Gasteiger partial charge in [0.2, 0.25) is 11.8 Å². The van der Waals surface area contributed by atoms with Crippen LogP contribution in [-0.4, -0.2) is 57.1 Å². The van der Waals surface area contributed by atoms with Crippen molar-refractivity contribution in [3.05, 3.63) is 83.9 Å². The predicted molar refractivity (Wildman–Crippen MR) is 174 cm³/mol. The van der Waals surface area contributed by atoms with Crippen LogP contribution in [0.15, 0.2) is 82.6 Å². The van der Waals surface area contributed by atoms with Crippen molar-refractivity contribution in [1.29, 1.82) is 0 Å². The highest BCUT2D eigenvalue weighted by molar-refractivity contribution is 7.98. The molecule has 3 rings (SSSR count). The number of nitrogens with one attached hydrogen (secondary N) is 1. The molecule has 0 radical (unpaired) electrons. The molecule has 1 atom stereocenters. The van der Waals surface area contributed by atoms with E-state index in [0.29, 0.717) is 25.3 Å². The van der Waals surface area contributed by atoms with Crippen molar-refractivity contribution in [3.8, 4) is 5.75 Å². The molecule has 0 heterocycles. The van der Waals surface area contributed by atoms with E-state index in [1.54, 1.807) is 48.5 Å². The number of unbranched alkanes of at least 4 members (excludes halogenated alkanes) is 1. The van der Waals surface area contributed by atoms with E-state index in [1.165, 1.54) is 16.7 Å². The highest BCUT2D eigenvalue weighted by Gasteiger charge is 2.34. The van der Waals surface area contributed by atoms with Crippen LogP contribution in [0, 0.1) is 6.92 Å². The Bertz CT molecular complexity index is 1460. The first-order valence-electron chi connectivity index (χ1n) is 14.7. The largest absolute Gasteiger partial charge is 0.492 e. The molecule has 0 saturated heterocycles. The number of carbonyl (C=O) groups excluding carboxylic acids is 2. The van der Waals surface area contributed by atoms with Gasteiger partial charge in [0.05, 0.1) is 17.2 Å². The topological polar surface area (TPSA) is 96.0 Å². The molecule has 0 fully saturated rings. The lowest BCUT2D eigenvalue weighted by Crippen LogP contribution is -2.52. The van der Waals surface area contributed by atoms with Gasteiger partial charge in [0, 0.05) is 18.0 Å². The van der Waals surface area contributed by atoms with Crippen molar-refractivity contribution in [2.24, 2.45) is 0 Å². The number of hydrogen-bond acceptors (Lipinski definition) is 6. The molecule has 0 aliphatic rings. The Hall–Kier alpha value is -3.50. The van der Waals surface area contributed by atoms with Gasteiger partial charge in [0.25, 0.3) is 10.0 Å². The molecule has 43 heavy (non-hydrogen) atoms. The highest BCUT2D eigenvalue weighted by Crippen LogP contribution is 2.33. The van der Waals surface area contributed by atoms with Gasteiger partial charge in [0.1, 0.15) is 18.3 Å². The van der Waals surface area contributed by atoms with Crippen LogP contribution in [0.2, 0.25) is 0 Å². The van der Waals surface area contributed by atoms with Gasteiger partial charge in [-0.15, -0.1) is 11.8 Å². The van der Waals surface area contributed by atoms with Crippen LogP contribution >= 0.6 is 11.8 Å². The minimum absolute atomic E-state index is 0.0546. The number of amides is 2. The molecule has 0 bridgehead atoms. The molecule has 1 N–H and O–H groups in total. The number of nitrogens with zero attached hydrogens (tertiary/aromatic N) is 2. The molecule has 10 heteroatoms. The lowest BCUT2D eigenvalue weighted by molar-refractivity contribution is -0.140. The molecule has 232 valence electrons. The zero-order chi connectivity index (χ0) is 31.4. The Balaban J connectivity index is 2.09. The van der Waals surface area contributed by atoms with Gasteiger partial charge in [-0.3, -0.25) is 13.9 Å². The standard InChI is InChI=1S/C33H43N3O5S2/c1-6-9-21-34-33(38)29(7-2)35(23-26-14-12-13-25(4)22-26)32(37)24-36(30-15-10-11-16-31(30)41-8-3)43(39,40)28-19-17-27(42-5)18-20-28/h10-20,22,29H,6-9,21,23-24H2,1-5H3,(H,34,38). The smallest absolute Gasteiger partial charge is 0.264 e. The number of carbonyl (C=O) groups is 2. The molecule has 0 aromatic heterocycles. The Labute approximate surface area is 260 Å². The van der Waals surface area contributed by atoms with Gasteiger partial charge in [-0.1, -0.05) is 62.2 Å². The maximum Gasteiger partial charge on any atom is 0.264 e. The van der Waals surface area contributed by atoms with Gasteiger partial charge in [-0.25, -0.2) is 8.42 Å². The molecule has 8 nitrogen and oxygen atoms in total. The second-order valence-electron chi connectivity index (χ2n) is 10.2. The summed E-state index contributed by atoms with van der Waals surface area (Å²) in [6, 6.07) is 20.3. The third-order valence-electron chi connectivity index (χ3n) is 7.01. The number of anilines is 1. The van der Waals surface area contributed by atoms with Gasteiger partial charge >= 0.3 is 0 Å². The minimum atomic E-state index is -4.20. The second kappa shape index (κ2) is 16.4. The number of rotatable bonds is 16. The number of aryl methyl sites for hydroxylation is 1. The normalized spacial score (nSPS) is 11.9. The monoisotopic (exact) mass is 625 g/mol. The van der Waals surface area contributed by atoms with Gasteiger partial charge in [-0.05, 0) is 74.9 Å². The molecular weight excluding hydrogens is 583 g/mol. The van der Waals surface area contributed by atoms with Gasteiger partial charge < -0.3 is 15.0 Å². The van der Waals surface area contributed by atoms with Crippen LogP contribution in [0.5, 0.6) is 5.75 Å². The quantitative estimate of drug-likeness (QED) is 0.154. The Morgan fingerprint density at radius 1 is 0.977 bits per heavy atom. The molecule has 0 saturated carbocycles. The van der Waals surface area contributed by atoms with E-state index in [4.69, 9.17) is 4.74 Å². The first kappa shape index (κ1) is 34.0. The van der Waals surface area contributed by atoms with Gasteiger partial charge in [-0.2, -0.15) is 0 Å². The lowest BCUT2D eigenvalue weighted by atomic mass is 10.1. The van der Waals surface area contributed by atoms with E-state index in [1.807, 2.05) is 58.2 Å². The predicted octanol–water partition coefficient (Wildman–Crippen LogP) is 6.03. The number of para-hydroxylation sites is 2. The summed E-state index contributed by atoms with van der Waals surface area (Å²) in [5.74, 6) is -0.403. The average Bonchev–Trinajstić information content (AvgIpc) is 3.00. The molecule has 2 amide bonds. The summed E-state index contributed by atoms with van der Waals surface area (Å²) in [4.78, 5) is 30.1. The number of thioether (sulfide) groups is 1. The average molecular weight is 626 g/mol. The zero-order valence-electron chi connectivity index (χ0n) is 25.7. The Morgan fingerprint density at radius 2 is 1.70 bits per heavy atom. The van der Waals surface area contributed by atoms with Crippen LogP contribution in [0.25, 0.3) is 0 Å². The SMILES string of the molecule is CCCCNC(=O)C(CC)N(Cc1cccc(C)c1)C(=O)CN(c1ccccc1OCC)S(=O)(=O)c1ccc(SC)cc1. The summed E-state index contributed by atoms with van der Waals surface area (Å²) in [7, 11) is -4.20. The Morgan fingerprint density at radius 3 is 2.33 bits per heavy atom. The number of hydrogen-bond donors (Lipinski definition) is 1. The molecule has 0 aliphatic heterocycles.